The van der Waals surface area contributed by atoms with Gasteiger partial charge in [0.25, 0.3) is 0 Å². The van der Waals surface area contributed by atoms with Gasteiger partial charge in [0.05, 0.1) is 0 Å². The zero-order valence-corrected chi connectivity index (χ0v) is 15.2. The van der Waals surface area contributed by atoms with Crippen LogP contribution in [0.1, 0.15) is 69.4 Å². The lowest BCUT2D eigenvalue weighted by Crippen LogP contribution is -2.43. The number of rotatable bonds is 10. The van der Waals surface area contributed by atoms with Crippen LogP contribution in [0, 0.1) is 5.92 Å². The molecule has 1 aliphatic carbocycles. The van der Waals surface area contributed by atoms with E-state index in [0.717, 1.165) is 19.4 Å². The molecule has 0 heterocycles. The van der Waals surface area contributed by atoms with Crippen LogP contribution >= 0.6 is 0 Å². The first kappa shape index (κ1) is 18.5. The van der Waals surface area contributed by atoms with Crippen molar-refractivity contribution in [2.24, 2.45) is 11.7 Å². The predicted octanol–water partition coefficient (Wildman–Crippen LogP) is 4.89. The van der Waals surface area contributed by atoms with E-state index in [-0.39, 0.29) is 5.54 Å². The van der Waals surface area contributed by atoms with Crippen molar-refractivity contribution in [2.45, 2.75) is 76.7 Å². The van der Waals surface area contributed by atoms with Gasteiger partial charge in [0.2, 0.25) is 0 Å². The number of ether oxygens (including phenoxy) is 1. The first-order valence-corrected chi connectivity index (χ1v) is 9.53. The van der Waals surface area contributed by atoms with E-state index in [0.29, 0.717) is 5.92 Å². The van der Waals surface area contributed by atoms with E-state index >= 15 is 0 Å². The van der Waals surface area contributed by atoms with Gasteiger partial charge in [0.1, 0.15) is 0 Å². The Labute approximate surface area is 142 Å². The maximum atomic E-state index is 6.59. The number of hydrogen-bond acceptors (Lipinski definition) is 2. The standard InChI is InChI=1S/C21H35NO/c1-3-21(22)15-8-10-20(21)17-19-13-11-18(12-14-19)9-6-4-5-7-16-23-2/h11-14,20H,3-10,15-17,22H2,1-2H3/t20-,21-/m0/s1. The molecule has 130 valence electrons. The van der Waals surface area contributed by atoms with Gasteiger partial charge in [-0.1, -0.05) is 50.5 Å². The number of nitrogens with two attached hydrogens (primary N) is 1. The Morgan fingerprint density at radius 1 is 1.09 bits per heavy atom. The summed E-state index contributed by atoms with van der Waals surface area (Å²) in [5.41, 5.74) is 9.61. The summed E-state index contributed by atoms with van der Waals surface area (Å²) in [6.45, 7) is 3.14. The first-order valence-electron chi connectivity index (χ1n) is 9.53. The Morgan fingerprint density at radius 3 is 2.48 bits per heavy atom. The van der Waals surface area contributed by atoms with Crippen molar-refractivity contribution in [2.75, 3.05) is 13.7 Å². The second-order valence-corrected chi connectivity index (χ2v) is 7.35. The normalized spacial score (nSPS) is 24.2. The zero-order valence-electron chi connectivity index (χ0n) is 15.2. The summed E-state index contributed by atoms with van der Waals surface area (Å²) in [5.74, 6) is 0.666. The van der Waals surface area contributed by atoms with Crippen LogP contribution in [-0.4, -0.2) is 19.3 Å². The van der Waals surface area contributed by atoms with Crippen molar-refractivity contribution in [1.29, 1.82) is 0 Å². The highest BCUT2D eigenvalue weighted by atomic mass is 16.5. The molecule has 0 aliphatic heterocycles. The van der Waals surface area contributed by atoms with Crippen molar-refractivity contribution in [3.8, 4) is 0 Å². The molecule has 1 aliphatic rings. The molecule has 1 fully saturated rings. The first-order chi connectivity index (χ1) is 11.2. The average molecular weight is 318 g/mol. The van der Waals surface area contributed by atoms with Gasteiger partial charge in [-0.05, 0) is 62.0 Å². The average Bonchev–Trinajstić information content (AvgIpc) is 2.94. The van der Waals surface area contributed by atoms with Gasteiger partial charge in [0, 0.05) is 19.3 Å². The second kappa shape index (κ2) is 9.44. The minimum Gasteiger partial charge on any atom is -0.385 e. The molecule has 0 amide bonds. The summed E-state index contributed by atoms with van der Waals surface area (Å²) in [7, 11) is 1.78. The molecule has 0 saturated heterocycles. The van der Waals surface area contributed by atoms with Gasteiger partial charge >= 0.3 is 0 Å². The summed E-state index contributed by atoms with van der Waals surface area (Å²) in [4.78, 5) is 0. The van der Waals surface area contributed by atoms with Crippen LogP contribution in [0.25, 0.3) is 0 Å². The number of hydrogen-bond donors (Lipinski definition) is 1. The molecule has 0 aromatic heterocycles. The van der Waals surface area contributed by atoms with E-state index in [9.17, 15) is 0 Å². The molecular formula is C21H35NO. The Balaban J connectivity index is 1.74. The lowest BCUT2D eigenvalue weighted by molar-refractivity contribution is 0.192. The van der Waals surface area contributed by atoms with Crippen LogP contribution in [-0.2, 0) is 17.6 Å². The van der Waals surface area contributed by atoms with Crippen LogP contribution in [0.4, 0.5) is 0 Å². The molecule has 2 atom stereocenters. The third-order valence-corrected chi connectivity index (χ3v) is 5.74. The molecule has 2 rings (SSSR count). The lowest BCUT2D eigenvalue weighted by Gasteiger charge is -2.30. The van der Waals surface area contributed by atoms with Gasteiger partial charge in [-0.3, -0.25) is 0 Å². The maximum absolute atomic E-state index is 6.59. The number of aryl methyl sites for hydroxylation is 1. The molecule has 0 radical (unpaired) electrons. The summed E-state index contributed by atoms with van der Waals surface area (Å²) < 4.78 is 5.09. The Kier molecular flexibility index (Phi) is 7.58. The van der Waals surface area contributed by atoms with Crippen LogP contribution in [0.2, 0.25) is 0 Å². The highest BCUT2D eigenvalue weighted by Gasteiger charge is 2.37. The van der Waals surface area contributed by atoms with Crippen LogP contribution < -0.4 is 5.73 Å². The quantitative estimate of drug-likeness (QED) is 0.624. The molecular weight excluding hydrogens is 282 g/mol. The van der Waals surface area contributed by atoms with Crippen molar-refractivity contribution >= 4 is 0 Å². The molecule has 23 heavy (non-hydrogen) atoms. The summed E-state index contributed by atoms with van der Waals surface area (Å²) in [6.07, 6.45) is 12.3. The van der Waals surface area contributed by atoms with Gasteiger partial charge in [0.15, 0.2) is 0 Å². The Bertz CT molecular complexity index is 442. The van der Waals surface area contributed by atoms with E-state index in [1.165, 1.54) is 62.5 Å². The van der Waals surface area contributed by atoms with Gasteiger partial charge in [-0.2, -0.15) is 0 Å². The monoisotopic (exact) mass is 317 g/mol. The topological polar surface area (TPSA) is 35.2 Å². The van der Waals surface area contributed by atoms with E-state index in [1.807, 2.05) is 0 Å². The molecule has 1 aromatic carbocycles. The Morgan fingerprint density at radius 2 is 1.78 bits per heavy atom. The van der Waals surface area contributed by atoms with Gasteiger partial charge in [-0.25, -0.2) is 0 Å². The minimum absolute atomic E-state index is 0.0842. The fraction of sp³-hybridized carbons (Fsp3) is 0.714. The van der Waals surface area contributed by atoms with Crippen molar-refractivity contribution in [3.63, 3.8) is 0 Å². The number of unbranched alkanes of at least 4 members (excludes halogenated alkanes) is 3. The summed E-state index contributed by atoms with van der Waals surface area (Å²) in [5, 5.41) is 0. The largest absolute Gasteiger partial charge is 0.385 e. The van der Waals surface area contributed by atoms with Crippen molar-refractivity contribution < 1.29 is 4.74 Å². The van der Waals surface area contributed by atoms with E-state index in [4.69, 9.17) is 10.5 Å². The molecule has 0 bridgehead atoms. The number of benzene rings is 1. The third kappa shape index (κ3) is 5.61. The van der Waals surface area contributed by atoms with E-state index in [2.05, 4.69) is 31.2 Å². The van der Waals surface area contributed by atoms with Crippen LogP contribution in [0.15, 0.2) is 24.3 Å². The number of methoxy groups -OCH3 is 1. The van der Waals surface area contributed by atoms with Gasteiger partial charge in [-0.15, -0.1) is 0 Å². The van der Waals surface area contributed by atoms with E-state index in [1.54, 1.807) is 7.11 Å². The molecule has 1 aromatic rings. The molecule has 2 heteroatoms. The predicted molar refractivity (Wildman–Crippen MR) is 98.7 cm³/mol. The summed E-state index contributed by atoms with van der Waals surface area (Å²) in [6, 6.07) is 9.30. The molecule has 0 spiro atoms. The lowest BCUT2D eigenvalue weighted by atomic mass is 9.81. The highest BCUT2D eigenvalue weighted by Crippen LogP contribution is 2.38. The summed E-state index contributed by atoms with van der Waals surface area (Å²) >= 11 is 0. The maximum Gasteiger partial charge on any atom is 0.0462 e. The SMILES string of the molecule is CC[C@]1(N)CCC[C@H]1Cc1ccc(CCCCCCOC)cc1. The highest BCUT2D eigenvalue weighted by molar-refractivity contribution is 5.24. The van der Waals surface area contributed by atoms with Crippen LogP contribution in [0.5, 0.6) is 0 Å². The fourth-order valence-electron chi connectivity index (χ4n) is 4.00. The smallest absolute Gasteiger partial charge is 0.0462 e. The van der Waals surface area contributed by atoms with E-state index < -0.39 is 0 Å². The molecule has 0 unspecified atom stereocenters. The molecule has 2 N–H and O–H groups in total. The van der Waals surface area contributed by atoms with Gasteiger partial charge < -0.3 is 10.5 Å². The minimum atomic E-state index is 0.0842. The Hall–Kier alpha value is -0.860. The fourth-order valence-corrected chi connectivity index (χ4v) is 4.00. The molecule has 2 nitrogen and oxygen atoms in total. The van der Waals surface area contributed by atoms with Crippen molar-refractivity contribution in [1.82, 2.24) is 0 Å². The zero-order chi connectivity index (χ0) is 16.5. The third-order valence-electron chi connectivity index (χ3n) is 5.74. The second-order valence-electron chi connectivity index (χ2n) is 7.35. The molecule has 1 saturated carbocycles. The van der Waals surface area contributed by atoms with Crippen LogP contribution in [0.3, 0.4) is 0 Å². The van der Waals surface area contributed by atoms with Crippen molar-refractivity contribution in [3.05, 3.63) is 35.4 Å².